The number of carbonyl (C=O) groups is 1. The highest BCUT2D eigenvalue weighted by molar-refractivity contribution is 7.80. The number of rotatable bonds is 2. The van der Waals surface area contributed by atoms with E-state index < -0.39 is 0 Å². The van der Waals surface area contributed by atoms with Crippen LogP contribution in [0.3, 0.4) is 0 Å². The van der Waals surface area contributed by atoms with Gasteiger partial charge in [-0.2, -0.15) is 0 Å². The lowest BCUT2D eigenvalue weighted by Crippen LogP contribution is -2.51. The molecule has 0 bridgehead atoms. The summed E-state index contributed by atoms with van der Waals surface area (Å²) in [5.74, 6) is 0.123. The molecule has 0 spiro atoms. The predicted octanol–water partition coefficient (Wildman–Crippen LogP) is 3.52. The van der Waals surface area contributed by atoms with Crippen molar-refractivity contribution in [2.24, 2.45) is 0 Å². The number of carbonyl (C=O) groups excluding carboxylic acids is 1. The highest BCUT2D eigenvalue weighted by Crippen LogP contribution is 2.17. The van der Waals surface area contributed by atoms with E-state index in [9.17, 15) is 4.79 Å². The Bertz CT molecular complexity index is 735. The number of anilines is 1. The third-order valence-electron chi connectivity index (χ3n) is 4.34. The number of hydrogen-bond acceptors (Lipinski definition) is 3. The summed E-state index contributed by atoms with van der Waals surface area (Å²) < 4.78 is 0. The number of piperazine rings is 1. The van der Waals surface area contributed by atoms with Crippen LogP contribution in [0.4, 0.5) is 5.69 Å². The molecule has 1 aliphatic rings. The Kier molecular flexibility index (Phi) is 5.16. The van der Waals surface area contributed by atoms with E-state index in [2.05, 4.69) is 36.2 Å². The first-order chi connectivity index (χ1) is 11.5. The summed E-state index contributed by atoms with van der Waals surface area (Å²) in [5, 5.41) is 5.97. The number of aryl methyl sites for hydroxylation is 2. The second kappa shape index (κ2) is 7.32. The standard InChI is InChI=1S/C18H21N3OS2/c1-13-5-6-15(12-14(13)2)19-18(23)21-9-7-20(8-10-21)17(22)16-4-3-11-24-16/h3-6,11-12H,7-10H2,1-2H3,(H,19,23). The molecule has 0 unspecified atom stereocenters. The van der Waals surface area contributed by atoms with E-state index in [1.807, 2.05) is 28.5 Å². The highest BCUT2D eigenvalue weighted by Gasteiger charge is 2.23. The SMILES string of the molecule is Cc1ccc(NC(=S)N2CCN(C(=O)c3cccs3)CC2)cc1C. The van der Waals surface area contributed by atoms with Crippen molar-refractivity contribution >= 4 is 40.3 Å². The lowest BCUT2D eigenvalue weighted by atomic mass is 10.1. The summed E-state index contributed by atoms with van der Waals surface area (Å²) in [5.41, 5.74) is 3.53. The third kappa shape index (κ3) is 3.76. The van der Waals surface area contributed by atoms with E-state index in [0.717, 1.165) is 28.8 Å². The fourth-order valence-electron chi connectivity index (χ4n) is 2.69. The van der Waals surface area contributed by atoms with Crippen molar-refractivity contribution in [3.63, 3.8) is 0 Å². The summed E-state index contributed by atoms with van der Waals surface area (Å²) in [6.07, 6.45) is 0. The lowest BCUT2D eigenvalue weighted by molar-refractivity contribution is 0.0698. The molecule has 126 valence electrons. The molecule has 1 aliphatic heterocycles. The van der Waals surface area contributed by atoms with Crippen LogP contribution in [0.5, 0.6) is 0 Å². The van der Waals surface area contributed by atoms with Crippen LogP contribution >= 0.6 is 23.6 Å². The molecule has 0 atom stereocenters. The Morgan fingerprint density at radius 3 is 2.42 bits per heavy atom. The fourth-order valence-corrected chi connectivity index (χ4v) is 3.68. The minimum absolute atomic E-state index is 0.123. The third-order valence-corrected chi connectivity index (χ3v) is 5.56. The molecular formula is C18H21N3OS2. The number of thiocarbonyl (C=S) groups is 1. The molecule has 2 heterocycles. The van der Waals surface area contributed by atoms with Crippen LogP contribution in [0.15, 0.2) is 35.7 Å². The van der Waals surface area contributed by atoms with Crippen LogP contribution in [0, 0.1) is 13.8 Å². The molecule has 24 heavy (non-hydrogen) atoms. The van der Waals surface area contributed by atoms with Gasteiger partial charge in [0.25, 0.3) is 5.91 Å². The Morgan fingerprint density at radius 1 is 1.08 bits per heavy atom. The number of nitrogens with one attached hydrogen (secondary N) is 1. The van der Waals surface area contributed by atoms with E-state index >= 15 is 0 Å². The van der Waals surface area contributed by atoms with Crippen LogP contribution in [0.1, 0.15) is 20.8 Å². The van der Waals surface area contributed by atoms with E-state index in [1.165, 1.54) is 22.5 Å². The van der Waals surface area contributed by atoms with Crippen LogP contribution in [0.25, 0.3) is 0 Å². The molecule has 1 N–H and O–H groups in total. The summed E-state index contributed by atoms with van der Waals surface area (Å²) in [7, 11) is 0. The maximum atomic E-state index is 12.4. The number of amides is 1. The quantitative estimate of drug-likeness (QED) is 0.832. The van der Waals surface area contributed by atoms with Gasteiger partial charge in [-0.1, -0.05) is 12.1 Å². The highest BCUT2D eigenvalue weighted by atomic mass is 32.1. The number of thiophene rings is 1. The van der Waals surface area contributed by atoms with Crippen molar-refractivity contribution in [2.45, 2.75) is 13.8 Å². The first-order valence-electron chi connectivity index (χ1n) is 8.00. The van der Waals surface area contributed by atoms with Crippen molar-refractivity contribution in [3.8, 4) is 0 Å². The van der Waals surface area contributed by atoms with Gasteiger partial charge in [0.05, 0.1) is 4.88 Å². The summed E-state index contributed by atoms with van der Waals surface area (Å²) >= 11 is 7.02. The molecule has 1 amide bonds. The maximum absolute atomic E-state index is 12.4. The predicted molar refractivity (Wildman–Crippen MR) is 104 cm³/mol. The van der Waals surface area contributed by atoms with Gasteiger partial charge in [-0.05, 0) is 60.8 Å². The Balaban J connectivity index is 1.55. The lowest BCUT2D eigenvalue weighted by Gasteiger charge is -2.36. The number of benzene rings is 1. The maximum Gasteiger partial charge on any atom is 0.264 e. The van der Waals surface area contributed by atoms with E-state index in [0.29, 0.717) is 13.1 Å². The Hall–Kier alpha value is -1.92. The molecule has 0 saturated carbocycles. The fraction of sp³-hybridized carbons (Fsp3) is 0.333. The topological polar surface area (TPSA) is 35.6 Å². The molecule has 1 fully saturated rings. The molecular weight excluding hydrogens is 338 g/mol. The number of hydrogen-bond donors (Lipinski definition) is 1. The second-order valence-electron chi connectivity index (χ2n) is 5.99. The van der Waals surface area contributed by atoms with E-state index in [1.54, 1.807) is 0 Å². The van der Waals surface area contributed by atoms with Crippen molar-refractivity contribution in [1.29, 1.82) is 0 Å². The smallest absolute Gasteiger partial charge is 0.264 e. The van der Waals surface area contributed by atoms with Crippen LogP contribution < -0.4 is 5.32 Å². The minimum atomic E-state index is 0.123. The van der Waals surface area contributed by atoms with Crippen LogP contribution in [-0.2, 0) is 0 Å². The zero-order chi connectivity index (χ0) is 17.1. The zero-order valence-electron chi connectivity index (χ0n) is 13.9. The summed E-state index contributed by atoms with van der Waals surface area (Å²) in [4.78, 5) is 17.2. The van der Waals surface area contributed by atoms with Crippen molar-refractivity contribution in [3.05, 3.63) is 51.7 Å². The molecule has 1 aromatic carbocycles. The van der Waals surface area contributed by atoms with Gasteiger partial charge >= 0.3 is 0 Å². The van der Waals surface area contributed by atoms with Gasteiger partial charge in [0.15, 0.2) is 5.11 Å². The van der Waals surface area contributed by atoms with Crippen LogP contribution in [-0.4, -0.2) is 47.0 Å². The Morgan fingerprint density at radius 2 is 1.79 bits per heavy atom. The van der Waals surface area contributed by atoms with Gasteiger partial charge in [0, 0.05) is 31.9 Å². The van der Waals surface area contributed by atoms with Crippen molar-refractivity contribution in [2.75, 3.05) is 31.5 Å². The molecule has 0 aliphatic carbocycles. The van der Waals surface area contributed by atoms with Crippen LogP contribution in [0.2, 0.25) is 0 Å². The average molecular weight is 360 g/mol. The van der Waals surface area contributed by atoms with E-state index in [-0.39, 0.29) is 5.91 Å². The number of nitrogens with zero attached hydrogens (tertiary/aromatic N) is 2. The van der Waals surface area contributed by atoms with Gasteiger partial charge in [-0.15, -0.1) is 11.3 Å². The molecule has 3 rings (SSSR count). The molecule has 6 heteroatoms. The van der Waals surface area contributed by atoms with Gasteiger partial charge in [0.2, 0.25) is 0 Å². The van der Waals surface area contributed by atoms with Gasteiger partial charge in [0.1, 0.15) is 0 Å². The largest absolute Gasteiger partial charge is 0.345 e. The van der Waals surface area contributed by atoms with Gasteiger partial charge in [-0.3, -0.25) is 4.79 Å². The normalized spacial score (nSPS) is 14.6. The minimum Gasteiger partial charge on any atom is -0.345 e. The monoisotopic (exact) mass is 359 g/mol. The second-order valence-corrected chi connectivity index (χ2v) is 7.32. The summed E-state index contributed by atoms with van der Waals surface area (Å²) in [6, 6.07) is 10.0. The van der Waals surface area contributed by atoms with Gasteiger partial charge in [-0.25, -0.2) is 0 Å². The van der Waals surface area contributed by atoms with Crippen molar-refractivity contribution in [1.82, 2.24) is 9.80 Å². The van der Waals surface area contributed by atoms with Gasteiger partial charge < -0.3 is 15.1 Å². The first kappa shape index (κ1) is 16.9. The first-order valence-corrected chi connectivity index (χ1v) is 9.29. The molecule has 1 saturated heterocycles. The van der Waals surface area contributed by atoms with Crippen molar-refractivity contribution < 1.29 is 4.79 Å². The zero-order valence-corrected chi connectivity index (χ0v) is 15.5. The molecule has 1 aromatic heterocycles. The summed E-state index contributed by atoms with van der Waals surface area (Å²) in [6.45, 7) is 7.11. The molecule has 0 radical (unpaired) electrons. The molecule has 2 aromatic rings. The molecule has 4 nitrogen and oxygen atoms in total. The van der Waals surface area contributed by atoms with E-state index in [4.69, 9.17) is 12.2 Å². The average Bonchev–Trinajstić information content (AvgIpc) is 3.12. The Labute approximate surface area is 152 Å².